The lowest BCUT2D eigenvalue weighted by atomic mass is 10.1. The summed E-state index contributed by atoms with van der Waals surface area (Å²) < 4.78 is 5.78. The quantitative estimate of drug-likeness (QED) is 0.254. The standard InChI is InChI=1S/C20H15N3O3S/c1-13(27-18-11-8-14-4-2-3-5-16(14)12-18)19-21-22-20(26-19)15-6-9-17(10-7-15)23(24)25/h2-13H,1H3/t13-/m1/s1. The maximum atomic E-state index is 10.7. The number of aromatic nitrogens is 2. The van der Waals surface area contributed by atoms with Crippen molar-refractivity contribution in [2.45, 2.75) is 17.1 Å². The fourth-order valence-corrected chi connectivity index (χ4v) is 3.68. The molecule has 4 rings (SSSR count). The zero-order valence-corrected chi connectivity index (χ0v) is 15.2. The molecule has 0 aliphatic heterocycles. The van der Waals surface area contributed by atoms with Gasteiger partial charge >= 0.3 is 0 Å². The van der Waals surface area contributed by atoms with Crippen LogP contribution in [-0.2, 0) is 0 Å². The summed E-state index contributed by atoms with van der Waals surface area (Å²) in [7, 11) is 0. The molecule has 0 N–H and O–H groups in total. The molecule has 0 radical (unpaired) electrons. The first-order valence-corrected chi connectivity index (χ1v) is 9.22. The van der Waals surface area contributed by atoms with Gasteiger partial charge in [-0.3, -0.25) is 10.1 Å². The van der Waals surface area contributed by atoms with Crippen LogP contribution in [0.4, 0.5) is 5.69 Å². The summed E-state index contributed by atoms with van der Waals surface area (Å²) in [5.41, 5.74) is 0.681. The second-order valence-electron chi connectivity index (χ2n) is 6.02. The number of hydrogen-bond donors (Lipinski definition) is 0. The van der Waals surface area contributed by atoms with E-state index in [4.69, 9.17) is 4.42 Å². The summed E-state index contributed by atoms with van der Waals surface area (Å²) in [6.07, 6.45) is 0. The first-order chi connectivity index (χ1) is 13.1. The summed E-state index contributed by atoms with van der Waals surface area (Å²) in [4.78, 5) is 11.4. The SMILES string of the molecule is C[C@@H](Sc1ccc2ccccc2c1)c1nnc(-c2ccc([N+](=O)[O-])cc2)o1. The van der Waals surface area contributed by atoms with Crippen LogP contribution < -0.4 is 0 Å². The van der Waals surface area contributed by atoms with E-state index in [1.807, 2.05) is 19.1 Å². The smallest absolute Gasteiger partial charge is 0.269 e. The maximum Gasteiger partial charge on any atom is 0.269 e. The second kappa shape index (κ2) is 7.20. The van der Waals surface area contributed by atoms with Crippen molar-refractivity contribution in [1.29, 1.82) is 0 Å². The van der Waals surface area contributed by atoms with E-state index in [2.05, 4.69) is 40.5 Å². The molecule has 1 atom stereocenters. The van der Waals surface area contributed by atoms with E-state index in [0.717, 1.165) is 4.90 Å². The Labute approximate surface area is 159 Å². The molecule has 134 valence electrons. The van der Waals surface area contributed by atoms with Gasteiger partial charge in [0.25, 0.3) is 5.69 Å². The van der Waals surface area contributed by atoms with E-state index in [-0.39, 0.29) is 10.9 Å². The van der Waals surface area contributed by atoms with Crippen molar-refractivity contribution < 1.29 is 9.34 Å². The molecule has 0 saturated heterocycles. The number of thioether (sulfide) groups is 1. The molecule has 27 heavy (non-hydrogen) atoms. The number of rotatable bonds is 5. The zero-order chi connectivity index (χ0) is 18.8. The van der Waals surface area contributed by atoms with E-state index in [1.165, 1.54) is 22.9 Å². The highest BCUT2D eigenvalue weighted by Gasteiger charge is 2.17. The van der Waals surface area contributed by atoms with Gasteiger partial charge in [-0.1, -0.05) is 30.3 Å². The molecule has 1 aromatic heterocycles. The highest BCUT2D eigenvalue weighted by Crippen LogP contribution is 2.36. The van der Waals surface area contributed by atoms with Crippen molar-refractivity contribution >= 4 is 28.2 Å². The van der Waals surface area contributed by atoms with E-state index in [9.17, 15) is 10.1 Å². The summed E-state index contributed by atoms with van der Waals surface area (Å²) in [6, 6.07) is 20.6. The third kappa shape index (κ3) is 3.68. The average Bonchev–Trinajstić information content (AvgIpc) is 3.18. The largest absolute Gasteiger partial charge is 0.419 e. The third-order valence-corrected chi connectivity index (χ3v) is 5.23. The lowest BCUT2D eigenvalue weighted by Crippen LogP contribution is -1.88. The minimum absolute atomic E-state index is 0.0227. The van der Waals surface area contributed by atoms with Gasteiger partial charge in [-0.05, 0) is 42.0 Å². The molecule has 0 fully saturated rings. The lowest BCUT2D eigenvalue weighted by Gasteiger charge is -2.07. The normalized spacial score (nSPS) is 12.2. The molecule has 0 aliphatic carbocycles. The summed E-state index contributed by atoms with van der Waals surface area (Å²) >= 11 is 1.64. The molecule has 0 spiro atoms. The Bertz CT molecular complexity index is 1110. The minimum atomic E-state index is -0.439. The van der Waals surface area contributed by atoms with Crippen molar-refractivity contribution in [3.63, 3.8) is 0 Å². The number of nitro benzene ring substituents is 1. The van der Waals surface area contributed by atoms with Crippen LogP contribution in [0.2, 0.25) is 0 Å². The van der Waals surface area contributed by atoms with Gasteiger partial charge in [-0.25, -0.2) is 0 Å². The van der Waals surface area contributed by atoms with Crippen molar-refractivity contribution in [2.75, 3.05) is 0 Å². The van der Waals surface area contributed by atoms with Gasteiger partial charge in [0.1, 0.15) is 0 Å². The second-order valence-corrected chi connectivity index (χ2v) is 7.43. The van der Waals surface area contributed by atoms with Gasteiger partial charge in [0.2, 0.25) is 11.8 Å². The van der Waals surface area contributed by atoms with Crippen molar-refractivity contribution in [3.05, 3.63) is 82.7 Å². The van der Waals surface area contributed by atoms with Crippen LogP contribution >= 0.6 is 11.8 Å². The van der Waals surface area contributed by atoms with Gasteiger partial charge in [-0.15, -0.1) is 22.0 Å². The Morgan fingerprint density at radius 1 is 1.00 bits per heavy atom. The monoisotopic (exact) mass is 377 g/mol. The van der Waals surface area contributed by atoms with Crippen LogP contribution in [0.15, 0.2) is 76.0 Å². The first kappa shape index (κ1) is 17.2. The van der Waals surface area contributed by atoms with Gasteiger partial charge in [0.15, 0.2) is 0 Å². The van der Waals surface area contributed by atoms with Crippen LogP contribution in [0.25, 0.3) is 22.2 Å². The molecule has 7 heteroatoms. The van der Waals surface area contributed by atoms with Crippen LogP contribution in [0, 0.1) is 10.1 Å². The topological polar surface area (TPSA) is 82.1 Å². The van der Waals surface area contributed by atoms with Gasteiger partial charge in [0.05, 0.1) is 10.2 Å². The number of hydrogen-bond acceptors (Lipinski definition) is 6. The molecular weight excluding hydrogens is 362 g/mol. The summed E-state index contributed by atoms with van der Waals surface area (Å²) in [6.45, 7) is 2.01. The van der Waals surface area contributed by atoms with E-state index < -0.39 is 4.92 Å². The lowest BCUT2D eigenvalue weighted by molar-refractivity contribution is -0.384. The molecule has 0 aliphatic rings. The minimum Gasteiger partial charge on any atom is -0.419 e. The third-order valence-electron chi connectivity index (χ3n) is 4.15. The fraction of sp³-hybridized carbons (Fsp3) is 0.100. The van der Waals surface area contributed by atoms with Crippen LogP contribution in [0.3, 0.4) is 0 Å². The average molecular weight is 377 g/mol. The van der Waals surface area contributed by atoms with Crippen LogP contribution in [0.5, 0.6) is 0 Å². The van der Waals surface area contributed by atoms with Crippen LogP contribution in [0.1, 0.15) is 18.1 Å². The number of nitro groups is 1. The Hall–Kier alpha value is -3.19. The van der Waals surface area contributed by atoms with Crippen LogP contribution in [-0.4, -0.2) is 15.1 Å². The fourth-order valence-electron chi connectivity index (χ4n) is 2.74. The molecule has 3 aromatic carbocycles. The van der Waals surface area contributed by atoms with Gasteiger partial charge < -0.3 is 4.42 Å². The molecule has 0 saturated carbocycles. The van der Waals surface area contributed by atoms with Gasteiger partial charge in [-0.2, -0.15) is 0 Å². The van der Waals surface area contributed by atoms with E-state index in [1.54, 1.807) is 23.9 Å². The number of non-ortho nitro benzene ring substituents is 1. The Kier molecular flexibility index (Phi) is 4.60. The molecule has 0 bridgehead atoms. The molecule has 1 heterocycles. The first-order valence-electron chi connectivity index (χ1n) is 8.34. The van der Waals surface area contributed by atoms with E-state index >= 15 is 0 Å². The molecule has 4 aromatic rings. The maximum absolute atomic E-state index is 10.7. The number of fused-ring (bicyclic) bond motifs is 1. The zero-order valence-electron chi connectivity index (χ0n) is 14.4. The predicted molar refractivity (Wildman–Crippen MR) is 105 cm³/mol. The van der Waals surface area contributed by atoms with E-state index in [0.29, 0.717) is 17.3 Å². The molecule has 0 amide bonds. The molecular formula is C20H15N3O3S. The molecule has 6 nitrogen and oxygen atoms in total. The van der Waals surface area contributed by atoms with Gasteiger partial charge in [0, 0.05) is 22.6 Å². The van der Waals surface area contributed by atoms with Crippen molar-refractivity contribution in [2.24, 2.45) is 0 Å². The Balaban J connectivity index is 1.52. The van der Waals surface area contributed by atoms with Crippen molar-refractivity contribution in [1.82, 2.24) is 10.2 Å². The number of nitrogens with zero attached hydrogens (tertiary/aromatic N) is 3. The molecule has 0 unspecified atom stereocenters. The summed E-state index contributed by atoms with van der Waals surface area (Å²) in [5.74, 6) is 0.868. The summed E-state index contributed by atoms with van der Waals surface area (Å²) in [5, 5.41) is 21.3. The predicted octanol–water partition coefficient (Wildman–Crippen LogP) is 5.65. The highest BCUT2D eigenvalue weighted by molar-refractivity contribution is 7.99. The Morgan fingerprint density at radius 2 is 1.74 bits per heavy atom. The Morgan fingerprint density at radius 3 is 2.48 bits per heavy atom. The highest BCUT2D eigenvalue weighted by atomic mass is 32.2. The van der Waals surface area contributed by atoms with Crippen molar-refractivity contribution in [3.8, 4) is 11.5 Å². The number of benzene rings is 3.